The van der Waals surface area contributed by atoms with Gasteiger partial charge in [0, 0.05) is 30.5 Å². The predicted octanol–water partition coefficient (Wildman–Crippen LogP) is 2.54. The lowest BCUT2D eigenvalue weighted by Gasteiger charge is -2.30. The van der Waals surface area contributed by atoms with Crippen molar-refractivity contribution >= 4 is 35.8 Å². The van der Waals surface area contributed by atoms with Crippen molar-refractivity contribution < 1.29 is 9.59 Å². The molecule has 1 aromatic carbocycles. The Hall–Kier alpha value is -1.30. The van der Waals surface area contributed by atoms with Gasteiger partial charge in [0.05, 0.1) is 12.1 Å². The lowest BCUT2D eigenvalue weighted by atomic mass is 9.91. The molecule has 7 heteroatoms. The second kappa shape index (κ2) is 8.39. The molecule has 2 N–H and O–H groups in total. The fraction of sp³-hybridized carbons (Fsp3) is 0.556. The van der Waals surface area contributed by atoms with Crippen molar-refractivity contribution in [1.82, 2.24) is 15.5 Å². The summed E-state index contributed by atoms with van der Waals surface area (Å²) in [5.41, 5.74) is 0.997. The Labute approximate surface area is 159 Å². The van der Waals surface area contributed by atoms with Crippen LogP contribution in [0.1, 0.15) is 37.8 Å². The average molecular weight is 386 g/mol. The topological polar surface area (TPSA) is 61.4 Å². The van der Waals surface area contributed by atoms with E-state index >= 15 is 0 Å². The number of hydrogen-bond acceptors (Lipinski definition) is 3. The fourth-order valence-corrected chi connectivity index (χ4v) is 3.91. The third kappa shape index (κ3) is 4.46. The molecule has 138 valence electrons. The van der Waals surface area contributed by atoms with E-state index < -0.39 is 0 Å². The van der Waals surface area contributed by atoms with Crippen molar-refractivity contribution in [3.8, 4) is 0 Å². The van der Waals surface area contributed by atoms with E-state index in [-0.39, 0.29) is 42.2 Å². The molecule has 0 aromatic heterocycles. The maximum atomic E-state index is 12.7. The average Bonchev–Trinajstić information content (AvgIpc) is 2.83. The van der Waals surface area contributed by atoms with E-state index in [2.05, 4.69) is 17.6 Å². The van der Waals surface area contributed by atoms with Crippen molar-refractivity contribution in [2.24, 2.45) is 5.92 Å². The highest BCUT2D eigenvalue weighted by Crippen LogP contribution is 2.33. The molecule has 2 aliphatic rings. The van der Waals surface area contributed by atoms with Crippen LogP contribution in [0.4, 0.5) is 0 Å². The third-order valence-corrected chi connectivity index (χ3v) is 5.37. The number of carbonyl (C=O) groups excluding carboxylic acids is 2. The van der Waals surface area contributed by atoms with E-state index in [4.69, 9.17) is 11.6 Å². The number of amides is 2. The van der Waals surface area contributed by atoms with Crippen LogP contribution >= 0.6 is 24.0 Å². The molecule has 1 aromatic rings. The second-order valence-corrected chi connectivity index (χ2v) is 7.33. The molecule has 2 saturated heterocycles. The van der Waals surface area contributed by atoms with Crippen LogP contribution in [0, 0.1) is 5.92 Å². The third-order valence-electron chi connectivity index (χ3n) is 5.12. The highest BCUT2D eigenvalue weighted by Gasteiger charge is 2.40. The molecule has 0 bridgehead atoms. The Balaban J connectivity index is 0.00000225. The van der Waals surface area contributed by atoms with Crippen molar-refractivity contribution in [2.75, 3.05) is 13.6 Å². The predicted molar refractivity (Wildman–Crippen MR) is 101 cm³/mol. The number of hydrogen-bond donors (Lipinski definition) is 2. The lowest BCUT2D eigenvalue weighted by Crippen LogP contribution is -2.46. The van der Waals surface area contributed by atoms with Crippen LogP contribution < -0.4 is 10.6 Å². The fourth-order valence-electron chi connectivity index (χ4n) is 3.79. The van der Waals surface area contributed by atoms with Gasteiger partial charge in [0.15, 0.2) is 0 Å². The first-order valence-electron chi connectivity index (χ1n) is 8.50. The van der Waals surface area contributed by atoms with E-state index in [1.165, 1.54) is 0 Å². The van der Waals surface area contributed by atoms with Gasteiger partial charge in [0.25, 0.3) is 0 Å². The van der Waals surface area contributed by atoms with Gasteiger partial charge in [-0.05, 0) is 44.0 Å². The van der Waals surface area contributed by atoms with Gasteiger partial charge in [-0.2, -0.15) is 0 Å². The van der Waals surface area contributed by atoms with Gasteiger partial charge in [-0.15, -0.1) is 12.4 Å². The zero-order valence-corrected chi connectivity index (χ0v) is 16.1. The van der Waals surface area contributed by atoms with Crippen molar-refractivity contribution in [3.05, 3.63) is 34.9 Å². The number of halogens is 2. The highest BCUT2D eigenvalue weighted by molar-refractivity contribution is 6.30. The van der Waals surface area contributed by atoms with Crippen LogP contribution in [0.15, 0.2) is 24.3 Å². The summed E-state index contributed by atoms with van der Waals surface area (Å²) in [7, 11) is 1.79. The van der Waals surface area contributed by atoms with E-state index in [1.54, 1.807) is 11.9 Å². The summed E-state index contributed by atoms with van der Waals surface area (Å²) in [5, 5.41) is 7.15. The van der Waals surface area contributed by atoms with Gasteiger partial charge >= 0.3 is 0 Å². The van der Waals surface area contributed by atoms with E-state index in [1.807, 2.05) is 24.3 Å². The van der Waals surface area contributed by atoms with Crippen LogP contribution in [0.5, 0.6) is 0 Å². The number of likely N-dealkylation sites (N-methyl/N-ethyl adjacent to an activating group) is 1. The molecule has 2 heterocycles. The summed E-state index contributed by atoms with van der Waals surface area (Å²) in [6, 6.07) is 7.51. The number of benzene rings is 1. The van der Waals surface area contributed by atoms with E-state index in [9.17, 15) is 9.59 Å². The molecule has 25 heavy (non-hydrogen) atoms. The quantitative estimate of drug-likeness (QED) is 0.840. The van der Waals surface area contributed by atoms with Gasteiger partial charge in [-0.1, -0.05) is 23.7 Å². The molecule has 0 radical (unpaired) electrons. The number of rotatable bonds is 3. The van der Waals surface area contributed by atoms with E-state index in [0.29, 0.717) is 17.5 Å². The second-order valence-electron chi connectivity index (χ2n) is 6.90. The molecule has 3 rings (SSSR count). The first kappa shape index (κ1) is 20.0. The van der Waals surface area contributed by atoms with Crippen LogP contribution in [-0.4, -0.2) is 42.4 Å². The first-order chi connectivity index (χ1) is 11.5. The number of nitrogens with zero attached hydrogens (tertiary/aromatic N) is 1. The summed E-state index contributed by atoms with van der Waals surface area (Å²) < 4.78 is 0. The maximum Gasteiger partial charge on any atom is 0.225 e. The van der Waals surface area contributed by atoms with Gasteiger partial charge in [0.1, 0.15) is 0 Å². The summed E-state index contributed by atoms with van der Waals surface area (Å²) in [6.45, 7) is 2.96. The molecule has 5 nitrogen and oxygen atoms in total. The van der Waals surface area contributed by atoms with Crippen LogP contribution in [0.2, 0.25) is 5.02 Å². The Bertz CT molecular complexity index is 623. The van der Waals surface area contributed by atoms with Gasteiger partial charge in [-0.3, -0.25) is 9.59 Å². The summed E-state index contributed by atoms with van der Waals surface area (Å²) in [4.78, 5) is 26.6. The molecule has 4 atom stereocenters. The summed E-state index contributed by atoms with van der Waals surface area (Å²) in [6.07, 6.45) is 2.03. The normalized spacial score (nSPS) is 29.2. The van der Waals surface area contributed by atoms with Gasteiger partial charge in [-0.25, -0.2) is 0 Å². The van der Waals surface area contributed by atoms with Crippen LogP contribution in [0.3, 0.4) is 0 Å². The molecule has 2 fully saturated rings. The zero-order valence-electron chi connectivity index (χ0n) is 14.5. The number of piperidine rings is 1. The smallest absolute Gasteiger partial charge is 0.225 e. The van der Waals surface area contributed by atoms with E-state index in [0.717, 1.165) is 24.9 Å². The summed E-state index contributed by atoms with van der Waals surface area (Å²) in [5.74, 6) is 0.141. The Morgan fingerprint density at radius 2 is 2.00 bits per heavy atom. The molecular weight excluding hydrogens is 361 g/mol. The first-order valence-corrected chi connectivity index (χ1v) is 8.88. The molecule has 2 aliphatic heterocycles. The summed E-state index contributed by atoms with van der Waals surface area (Å²) >= 11 is 5.96. The SMILES string of the molecule is C[C@H]1C[C@@H](C(=O)NC2CC(=O)N(C)C2c2ccc(Cl)cc2)CCN1.Cl. The molecule has 0 saturated carbocycles. The standard InChI is InChI=1S/C18H24ClN3O2.ClH/c1-11-9-13(7-8-20-11)18(24)21-15-10-16(23)22(2)17(15)12-3-5-14(19)6-4-12;/h3-6,11,13,15,17,20H,7-10H2,1-2H3,(H,21,24);1H/t11-,13-,15?,17?;/m0./s1. The Morgan fingerprint density at radius 3 is 2.64 bits per heavy atom. The molecule has 2 unspecified atom stereocenters. The minimum absolute atomic E-state index is 0. The number of likely N-dealkylation sites (tertiary alicyclic amines) is 1. The van der Waals surface area contributed by atoms with Crippen LogP contribution in [-0.2, 0) is 9.59 Å². The lowest BCUT2D eigenvalue weighted by molar-refractivity contribution is -0.127. The number of nitrogens with one attached hydrogen (secondary N) is 2. The van der Waals surface area contributed by atoms with Crippen LogP contribution in [0.25, 0.3) is 0 Å². The highest BCUT2D eigenvalue weighted by atomic mass is 35.5. The Kier molecular flexibility index (Phi) is 6.72. The molecule has 0 spiro atoms. The maximum absolute atomic E-state index is 12.7. The van der Waals surface area contributed by atoms with Crippen molar-refractivity contribution in [3.63, 3.8) is 0 Å². The largest absolute Gasteiger partial charge is 0.350 e. The monoisotopic (exact) mass is 385 g/mol. The van der Waals surface area contributed by atoms with Gasteiger partial charge < -0.3 is 15.5 Å². The Morgan fingerprint density at radius 1 is 1.32 bits per heavy atom. The molecular formula is C18H25Cl2N3O2. The molecule has 2 amide bonds. The van der Waals surface area contributed by atoms with Crippen molar-refractivity contribution in [1.29, 1.82) is 0 Å². The minimum Gasteiger partial charge on any atom is -0.350 e. The zero-order chi connectivity index (χ0) is 17.3. The van der Waals surface area contributed by atoms with Gasteiger partial charge in [0.2, 0.25) is 11.8 Å². The minimum atomic E-state index is -0.193. The molecule has 0 aliphatic carbocycles. The number of carbonyl (C=O) groups is 2. The van der Waals surface area contributed by atoms with Crippen molar-refractivity contribution in [2.45, 2.75) is 44.3 Å².